The lowest BCUT2D eigenvalue weighted by atomic mass is 10.1. The first-order valence-electron chi connectivity index (χ1n) is 4.58. The first-order chi connectivity index (χ1) is 8.30. The number of rotatable bonds is 1. The van der Waals surface area contributed by atoms with Crippen molar-refractivity contribution in [3.05, 3.63) is 34.7 Å². The molecule has 0 atom stereocenters. The maximum Gasteiger partial charge on any atom is 0.437 e. The largest absolute Gasteiger partial charge is 0.437 e. The van der Waals surface area contributed by atoms with Crippen molar-refractivity contribution in [3.63, 3.8) is 0 Å². The number of alkyl halides is 3. The molecule has 0 amide bonds. The number of nitrogens with zero attached hydrogens (tertiary/aromatic N) is 1. The molecular formula is C10H5ClF4N2O. The molecule has 0 bridgehead atoms. The van der Waals surface area contributed by atoms with E-state index < -0.39 is 29.1 Å². The van der Waals surface area contributed by atoms with Gasteiger partial charge in [0.1, 0.15) is 5.82 Å². The lowest BCUT2D eigenvalue weighted by Crippen LogP contribution is -2.07. The molecule has 1 heterocycles. The van der Waals surface area contributed by atoms with Crippen LogP contribution < -0.4 is 5.73 Å². The Morgan fingerprint density at radius 2 is 1.94 bits per heavy atom. The second-order valence-corrected chi connectivity index (χ2v) is 3.80. The molecule has 8 heteroatoms. The SMILES string of the molecule is Nc1onc(C(F)(F)F)c1-c1ccc(F)cc1Cl. The van der Waals surface area contributed by atoms with Crippen LogP contribution in [0.2, 0.25) is 5.02 Å². The normalized spacial score (nSPS) is 11.8. The maximum absolute atomic E-state index is 12.8. The molecule has 3 nitrogen and oxygen atoms in total. The van der Waals surface area contributed by atoms with Crippen molar-refractivity contribution in [1.29, 1.82) is 0 Å². The second-order valence-electron chi connectivity index (χ2n) is 3.39. The van der Waals surface area contributed by atoms with Gasteiger partial charge in [0.2, 0.25) is 5.88 Å². The summed E-state index contributed by atoms with van der Waals surface area (Å²) in [6.07, 6.45) is -4.74. The smallest absolute Gasteiger partial charge is 0.367 e. The van der Waals surface area contributed by atoms with E-state index in [1.54, 1.807) is 0 Å². The van der Waals surface area contributed by atoms with Gasteiger partial charge >= 0.3 is 6.18 Å². The predicted molar refractivity (Wildman–Crippen MR) is 56.3 cm³/mol. The van der Waals surface area contributed by atoms with Crippen molar-refractivity contribution in [2.75, 3.05) is 5.73 Å². The molecule has 2 aromatic rings. The second kappa shape index (κ2) is 4.16. The first kappa shape index (κ1) is 12.7. The van der Waals surface area contributed by atoms with E-state index >= 15 is 0 Å². The van der Waals surface area contributed by atoms with Crippen molar-refractivity contribution in [2.45, 2.75) is 6.18 Å². The van der Waals surface area contributed by atoms with E-state index in [0.29, 0.717) is 0 Å². The Labute approximate surface area is 103 Å². The topological polar surface area (TPSA) is 52.0 Å². The number of hydrogen-bond donors (Lipinski definition) is 1. The van der Waals surface area contributed by atoms with Crippen molar-refractivity contribution in [2.24, 2.45) is 0 Å². The lowest BCUT2D eigenvalue weighted by Gasteiger charge is -2.07. The molecule has 2 rings (SSSR count). The van der Waals surface area contributed by atoms with Crippen molar-refractivity contribution in [1.82, 2.24) is 5.16 Å². The minimum atomic E-state index is -4.74. The molecule has 0 aliphatic rings. The molecule has 96 valence electrons. The summed E-state index contributed by atoms with van der Waals surface area (Å²) in [5.74, 6) is -1.21. The minimum absolute atomic E-state index is 0.0934. The van der Waals surface area contributed by atoms with E-state index in [2.05, 4.69) is 9.68 Å². The summed E-state index contributed by atoms with van der Waals surface area (Å²) >= 11 is 5.68. The number of nitrogens with two attached hydrogens (primary N) is 1. The molecule has 18 heavy (non-hydrogen) atoms. The van der Waals surface area contributed by atoms with E-state index in [0.717, 1.165) is 18.2 Å². The fourth-order valence-electron chi connectivity index (χ4n) is 1.45. The fraction of sp³-hybridized carbons (Fsp3) is 0.100. The van der Waals surface area contributed by atoms with Gasteiger partial charge in [0.25, 0.3) is 0 Å². The van der Waals surface area contributed by atoms with Crippen LogP contribution in [0, 0.1) is 5.82 Å². The molecule has 2 N–H and O–H groups in total. The van der Waals surface area contributed by atoms with Crippen LogP contribution in [0.4, 0.5) is 23.4 Å². The average Bonchev–Trinajstić information content (AvgIpc) is 2.60. The van der Waals surface area contributed by atoms with Gasteiger partial charge in [-0.1, -0.05) is 16.8 Å². The Morgan fingerprint density at radius 3 is 2.50 bits per heavy atom. The fourth-order valence-corrected chi connectivity index (χ4v) is 1.71. The zero-order valence-corrected chi connectivity index (χ0v) is 9.31. The number of nitrogen functional groups attached to an aromatic ring is 1. The van der Waals surface area contributed by atoms with Crippen molar-refractivity contribution < 1.29 is 22.1 Å². The van der Waals surface area contributed by atoms with Gasteiger partial charge in [-0.2, -0.15) is 13.2 Å². The summed E-state index contributed by atoms with van der Waals surface area (Å²) in [6.45, 7) is 0. The minimum Gasteiger partial charge on any atom is -0.367 e. The predicted octanol–water partition coefficient (Wildman–Crippen LogP) is 3.74. The Bertz CT molecular complexity index is 594. The average molecular weight is 281 g/mol. The van der Waals surface area contributed by atoms with Gasteiger partial charge < -0.3 is 10.3 Å². The van der Waals surface area contributed by atoms with Gasteiger partial charge in [0.05, 0.1) is 10.6 Å². The molecule has 0 unspecified atom stereocenters. The highest BCUT2D eigenvalue weighted by Gasteiger charge is 2.40. The number of hydrogen-bond acceptors (Lipinski definition) is 3. The zero-order chi connectivity index (χ0) is 13.5. The molecule has 0 spiro atoms. The van der Waals surface area contributed by atoms with E-state index in [4.69, 9.17) is 17.3 Å². The van der Waals surface area contributed by atoms with Gasteiger partial charge in [0.15, 0.2) is 5.69 Å². The van der Waals surface area contributed by atoms with Gasteiger partial charge in [-0.25, -0.2) is 4.39 Å². The molecule has 0 aliphatic carbocycles. The summed E-state index contributed by atoms with van der Waals surface area (Å²) in [6, 6.07) is 2.92. The van der Waals surface area contributed by atoms with E-state index in [1.165, 1.54) is 0 Å². The van der Waals surface area contributed by atoms with E-state index in [1.807, 2.05) is 0 Å². The highest BCUT2D eigenvalue weighted by Crippen LogP contribution is 2.42. The van der Waals surface area contributed by atoms with Crippen LogP contribution in [-0.4, -0.2) is 5.16 Å². The molecule has 0 saturated carbocycles. The Kier molecular flexibility index (Phi) is 2.94. The van der Waals surface area contributed by atoms with Crippen molar-refractivity contribution in [3.8, 4) is 11.1 Å². The van der Waals surface area contributed by atoms with Gasteiger partial charge in [-0.05, 0) is 18.2 Å². The van der Waals surface area contributed by atoms with Crippen LogP contribution in [-0.2, 0) is 6.18 Å². The Morgan fingerprint density at radius 1 is 1.28 bits per heavy atom. The molecular weight excluding hydrogens is 276 g/mol. The highest BCUT2D eigenvalue weighted by molar-refractivity contribution is 6.33. The van der Waals surface area contributed by atoms with Crippen LogP contribution in [0.15, 0.2) is 22.7 Å². The quantitative estimate of drug-likeness (QED) is 0.810. The van der Waals surface area contributed by atoms with Crippen LogP contribution in [0.25, 0.3) is 11.1 Å². The maximum atomic E-state index is 12.8. The van der Waals surface area contributed by atoms with Gasteiger partial charge in [-0.15, -0.1) is 0 Å². The lowest BCUT2D eigenvalue weighted by molar-refractivity contribution is -0.142. The van der Waals surface area contributed by atoms with Crippen LogP contribution in [0.1, 0.15) is 5.69 Å². The Balaban J connectivity index is 2.67. The summed E-state index contributed by atoms with van der Waals surface area (Å²) in [5.41, 5.74) is 3.41. The molecule has 0 aliphatic heterocycles. The standard InChI is InChI=1S/C10H5ClF4N2O/c11-6-3-4(12)1-2-5(6)7-8(10(13,14)15)17-18-9(7)16/h1-3H,16H2. The third-order valence-corrected chi connectivity index (χ3v) is 2.50. The number of anilines is 1. The van der Waals surface area contributed by atoms with Crippen LogP contribution >= 0.6 is 11.6 Å². The zero-order valence-electron chi connectivity index (χ0n) is 8.55. The monoisotopic (exact) mass is 280 g/mol. The third kappa shape index (κ3) is 2.13. The van der Waals surface area contributed by atoms with Crippen molar-refractivity contribution >= 4 is 17.5 Å². The molecule has 0 radical (unpaired) electrons. The van der Waals surface area contributed by atoms with Crippen LogP contribution in [0.3, 0.4) is 0 Å². The summed E-state index contributed by atoms with van der Waals surface area (Å²) in [7, 11) is 0. The van der Waals surface area contributed by atoms with E-state index in [9.17, 15) is 17.6 Å². The van der Waals surface area contributed by atoms with E-state index in [-0.39, 0.29) is 10.6 Å². The molecule has 0 saturated heterocycles. The molecule has 0 fully saturated rings. The van der Waals surface area contributed by atoms with Crippen LogP contribution in [0.5, 0.6) is 0 Å². The third-order valence-electron chi connectivity index (χ3n) is 2.19. The first-order valence-corrected chi connectivity index (χ1v) is 4.96. The Hall–Kier alpha value is -1.76. The van der Waals surface area contributed by atoms with Gasteiger partial charge in [0, 0.05) is 5.56 Å². The summed E-state index contributed by atoms with van der Waals surface area (Å²) < 4.78 is 55.2. The summed E-state index contributed by atoms with van der Waals surface area (Å²) in [4.78, 5) is 0. The molecule has 1 aromatic carbocycles. The van der Waals surface area contributed by atoms with Gasteiger partial charge in [-0.3, -0.25) is 0 Å². The number of aromatic nitrogens is 1. The number of benzene rings is 1. The number of halogens is 5. The summed E-state index contributed by atoms with van der Waals surface area (Å²) in [5, 5.41) is 2.64. The molecule has 1 aromatic heterocycles. The highest BCUT2D eigenvalue weighted by atomic mass is 35.5.